The van der Waals surface area contributed by atoms with Gasteiger partial charge in [-0.3, -0.25) is 0 Å². The van der Waals surface area contributed by atoms with E-state index in [0.717, 1.165) is 12.8 Å². The van der Waals surface area contributed by atoms with Gasteiger partial charge in [0.2, 0.25) is 0 Å². The Morgan fingerprint density at radius 2 is 1.32 bits per heavy atom. The zero-order valence-electron chi connectivity index (χ0n) is 17.9. The van der Waals surface area contributed by atoms with Gasteiger partial charge in [0, 0.05) is 0 Å². The van der Waals surface area contributed by atoms with Crippen LogP contribution in [0.1, 0.15) is 107 Å². The van der Waals surface area contributed by atoms with E-state index in [-0.39, 0.29) is 5.97 Å². The summed E-state index contributed by atoms with van der Waals surface area (Å²) in [6, 6.07) is 9.23. The summed E-state index contributed by atoms with van der Waals surface area (Å²) in [5, 5.41) is 0. The first-order valence-corrected chi connectivity index (χ1v) is 11.7. The van der Waals surface area contributed by atoms with Gasteiger partial charge in [-0.25, -0.2) is 4.79 Å². The number of hydrogen-bond donors (Lipinski definition) is 0. The molecular weight excluding hydrogens is 348 g/mol. The second-order valence-electron chi connectivity index (χ2n) is 8.18. The number of epoxide rings is 1. The summed E-state index contributed by atoms with van der Waals surface area (Å²) >= 11 is 0. The average molecular weight is 389 g/mol. The molecule has 1 saturated heterocycles. The molecule has 158 valence electrons. The molecule has 0 spiro atoms. The summed E-state index contributed by atoms with van der Waals surface area (Å²) in [5.41, 5.74) is 0.642. The van der Waals surface area contributed by atoms with Gasteiger partial charge in [0.15, 0.2) is 0 Å². The fraction of sp³-hybridized carbons (Fsp3) is 0.720. The lowest BCUT2D eigenvalue weighted by Gasteiger charge is -2.05. The second kappa shape index (κ2) is 14.6. The van der Waals surface area contributed by atoms with Crippen molar-refractivity contribution >= 4 is 5.97 Å². The fourth-order valence-corrected chi connectivity index (χ4v) is 3.78. The molecule has 0 amide bonds. The largest absolute Gasteiger partial charge is 0.462 e. The van der Waals surface area contributed by atoms with E-state index in [9.17, 15) is 4.79 Å². The van der Waals surface area contributed by atoms with Crippen LogP contribution in [0.3, 0.4) is 0 Å². The first-order chi connectivity index (χ1) is 13.8. The number of benzene rings is 1. The van der Waals surface area contributed by atoms with Crippen molar-refractivity contribution in [1.29, 1.82) is 0 Å². The van der Waals surface area contributed by atoms with E-state index in [1.54, 1.807) is 12.1 Å². The van der Waals surface area contributed by atoms with Gasteiger partial charge in [0.1, 0.15) is 0 Å². The summed E-state index contributed by atoms with van der Waals surface area (Å²) in [6.45, 7) is 2.79. The summed E-state index contributed by atoms with van der Waals surface area (Å²) in [7, 11) is 0. The van der Waals surface area contributed by atoms with Gasteiger partial charge < -0.3 is 9.47 Å². The van der Waals surface area contributed by atoms with E-state index in [4.69, 9.17) is 9.47 Å². The third-order valence-corrected chi connectivity index (χ3v) is 5.66. The van der Waals surface area contributed by atoms with Crippen LogP contribution in [0, 0.1) is 0 Å². The molecule has 0 aliphatic carbocycles. The Balaban J connectivity index is 1.28. The minimum Gasteiger partial charge on any atom is -0.462 e. The van der Waals surface area contributed by atoms with Gasteiger partial charge >= 0.3 is 5.97 Å². The molecule has 1 aliphatic rings. The van der Waals surface area contributed by atoms with E-state index in [2.05, 4.69) is 6.92 Å². The lowest BCUT2D eigenvalue weighted by Crippen LogP contribution is -2.06. The lowest BCUT2D eigenvalue weighted by molar-refractivity contribution is 0.0497. The molecule has 0 bridgehead atoms. The van der Waals surface area contributed by atoms with Crippen LogP contribution in [0.4, 0.5) is 0 Å². The number of ether oxygens (including phenoxy) is 2. The highest BCUT2D eigenvalue weighted by Gasteiger charge is 2.36. The predicted octanol–water partition coefficient (Wildman–Crippen LogP) is 7.09. The first kappa shape index (κ1) is 22.9. The Kier molecular flexibility index (Phi) is 12.0. The molecule has 1 heterocycles. The molecule has 2 unspecified atom stereocenters. The summed E-state index contributed by atoms with van der Waals surface area (Å²) in [4.78, 5) is 11.8. The Hall–Kier alpha value is -1.35. The Morgan fingerprint density at radius 3 is 1.93 bits per heavy atom. The number of unbranched alkanes of at least 4 members (excludes halogenated alkanes) is 10. The average Bonchev–Trinajstić information content (AvgIpc) is 3.48. The van der Waals surface area contributed by atoms with E-state index < -0.39 is 0 Å². The molecule has 3 heteroatoms. The molecule has 0 N–H and O–H groups in total. The molecule has 28 heavy (non-hydrogen) atoms. The van der Waals surface area contributed by atoms with Gasteiger partial charge in [-0.1, -0.05) is 95.8 Å². The van der Waals surface area contributed by atoms with Crippen LogP contribution in [0.5, 0.6) is 0 Å². The molecule has 1 aliphatic heterocycles. The molecular formula is C25H40O3. The van der Waals surface area contributed by atoms with Crippen LogP contribution in [0.2, 0.25) is 0 Å². The van der Waals surface area contributed by atoms with Crippen molar-refractivity contribution in [3.63, 3.8) is 0 Å². The number of carbonyl (C=O) groups is 1. The van der Waals surface area contributed by atoms with Crippen molar-refractivity contribution < 1.29 is 14.3 Å². The molecule has 3 nitrogen and oxygen atoms in total. The van der Waals surface area contributed by atoms with Crippen LogP contribution in [0.15, 0.2) is 30.3 Å². The van der Waals surface area contributed by atoms with Gasteiger partial charge in [-0.15, -0.1) is 0 Å². The van der Waals surface area contributed by atoms with E-state index in [0.29, 0.717) is 24.4 Å². The predicted molar refractivity (Wildman–Crippen MR) is 116 cm³/mol. The highest BCUT2D eigenvalue weighted by molar-refractivity contribution is 5.89. The zero-order chi connectivity index (χ0) is 19.9. The van der Waals surface area contributed by atoms with E-state index >= 15 is 0 Å². The molecule has 0 saturated carbocycles. The molecule has 1 aromatic rings. The Labute approximate surface area is 172 Å². The van der Waals surface area contributed by atoms with E-state index in [1.165, 1.54) is 77.0 Å². The highest BCUT2D eigenvalue weighted by atomic mass is 16.6. The minimum absolute atomic E-state index is 0.203. The van der Waals surface area contributed by atoms with Crippen LogP contribution >= 0.6 is 0 Å². The lowest BCUT2D eigenvalue weighted by atomic mass is 10.0. The monoisotopic (exact) mass is 388 g/mol. The minimum atomic E-state index is -0.203. The van der Waals surface area contributed by atoms with Crippen LogP contribution < -0.4 is 0 Å². The smallest absolute Gasteiger partial charge is 0.338 e. The molecule has 2 atom stereocenters. The number of hydrogen-bond acceptors (Lipinski definition) is 3. The number of carbonyl (C=O) groups excluding carboxylic acids is 1. The summed E-state index contributed by atoms with van der Waals surface area (Å²) in [5.74, 6) is -0.203. The topological polar surface area (TPSA) is 38.8 Å². The second-order valence-corrected chi connectivity index (χ2v) is 8.18. The quantitative estimate of drug-likeness (QED) is 0.162. The third kappa shape index (κ3) is 10.3. The van der Waals surface area contributed by atoms with Crippen molar-refractivity contribution in [3.05, 3.63) is 35.9 Å². The maximum atomic E-state index is 11.8. The Bertz CT molecular complexity index is 514. The molecule has 1 fully saturated rings. The SMILES string of the molecule is CCCCC1OC1CCCCCCCCCCCCOC(=O)c1ccccc1. The van der Waals surface area contributed by atoms with Gasteiger partial charge in [-0.2, -0.15) is 0 Å². The van der Waals surface area contributed by atoms with Gasteiger partial charge in [0.25, 0.3) is 0 Å². The van der Waals surface area contributed by atoms with Gasteiger partial charge in [-0.05, 0) is 31.4 Å². The van der Waals surface area contributed by atoms with Crippen molar-refractivity contribution in [1.82, 2.24) is 0 Å². The summed E-state index contributed by atoms with van der Waals surface area (Å²) in [6.07, 6.45) is 19.2. The zero-order valence-corrected chi connectivity index (χ0v) is 17.9. The van der Waals surface area contributed by atoms with Crippen LogP contribution in [-0.4, -0.2) is 24.8 Å². The van der Waals surface area contributed by atoms with Crippen molar-refractivity contribution in [3.8, 4) is 0 Å². The fourth-order valence-electron chi connectivity index (χ4n) is 3.78. The molecule has 0 radical (unpaired) electrons. The van der Waals surface area contributed by atoms with Crippen molar-refractivity contribution in [2.45, 2.75) is 109 Å². The maximum absolute atomic E-state index is 11.8. The van der Waals surface area contributed by atoms with Crippen LogP contribution in [-0.2, 0) is 9.47 Å². The number of esters is 1. The standard InChI is InChI=1S/C25H40O3/c1-2-3-19-23-24(28-23)20-15-10-8-6-4-5-7-9-11-16-21-27-25(26)22-17-13-12-14-18-22/h12-14,17-18,23-24H,2-11,15-16,19-21H2,1H3. The van der Waals surface area contributed by atoms with E-state index in [1.807, 2.05) is 18.2 Å². The van der Waals surface area contributed by atoms with Gasteiger partial charge in [0.05, 0.1) is 24.4 Å². The van der Waals surface area contributed by atoms with Crippen LogP contribution in [0.25, 0.3) is 0 Å². The maximum Gasteiger partial charge on any atom is 0.338 e. The van der Waals surface area contributed by atoms with Crippen molar-refractivity contribution in [2.24, 2.45) is 0 Å². The highest BCUT2D eigenvalue weighted by Crippen LogP contribution is 2.31. The molecule has 1 aromatic carbocycles. The van der Waals surface area contributed by atoms with Crippen molar-refractivity contribution in [2.75, 3.05) is 6.61 Å². The molecule has 0 aromatic heterocycles. The molecule has 2 rings (SSSR count). The Morgan fingerprint density at radius 1 is 0.786 bits per heavy atom. The number of rotatable bonds is 17. The normalized spacial score (nSPS) is 18.2. The third-order valence-electron chi connectivity index (χ3n) is 5.66. The summed E-state index contributed by atoms with van der Waals surface area (Å²) < 4.78 is 11.0. The first-order valence-electron chi connectivity index (χ1n) is 11.7.